The van der Waals surface area contributed by atoms with Gasteiger partial charge in [-0.25, -0.2) is 4.39 Å². The number of carbonyl (C=O) groups excluding carboxylic acids is 1. The van der Waals surface area contributed by atoms with Crippen molar-refractivity contribution < 1.29 is 13.9 Å². The van der Waals surface area contributed by atoms with E-state index in [1.165, 1.54) is 17.7 Å². The standard InChI is InChI=1S/C19H21FO2/c1-3-19(21)22-18(12-15-6-4-14(2)5-7-15)13-16-8-10-17(20)11-9-16/h4-11,18H,3,12-13H2,1-2H3. The summed E-state index contributed by atoms with van der Waals surface area (Å²) in [6.07, 6.45) is 1.36. The molecular weight excluding hydrogens is 279 g/mol. The minimum Gasteiger partial charge on any atom is -0.462 e. The van der Waals surface area contributed by atoms with E-state index in [9.17, 15) is 9.18 Å². The van der Waals surface area contributed by atoms with Gasteiger partial charge in [-0.1, -0.05) is 48.9 Å². The van der Waals surface area contributed by atoms with E-state index in [0.29, 0.717) is 19.3 Å². The molecule has 0 saturated carbocycles. The molecule has 3 heteroatoms. The van der Waals surface area contributed by atoms with Gasteiger partial charge in [0.25, 0.3) is 0 Å². The molecule has 0 aliphatic rings. The first-order chi connectivity index (χ1) is 10.6. The summed E-state index contributed by atoms with van der Waals surface area (Å²) >= 11 is 0. The largest absolute Gasteiger partial charge is 0.462 e. The Bertz CT molecular complexity index is 555. The lowest BCUT2D eigenvalue weighted by molar-refractivity contribution is -0.148. The Hall–Kier alpha value is -2.16. The molecule has 0 aromatic heterocycles. The number of carbonyl (C=O) groups is 1. The molecule has 1 unspecified atom stereocenters. The maximum absolute atomic E-state index is 13.0. The van der Waals surface area contributed by atoms with Crippen molar-refractivity contribution in [3.05, 3.63) is 71.0 Å². The Morgan fingerprint density at radius 1 is 1.00 bits per heavy atom. The maximum Gasteiger partial charge on any atom is 0.305 e. The van der Waals surface area contributed by atoms with Gasteiger partial charge in [-0.05, 0) is 30.2 Å². The Labute approximate surface area is 130 Å². The van der Waals surface area contributed by atoms with Crippen LogP contribution in [0.5, 0.6) is 0 Å². The number of halogens is 1. The van der Waals surface area contributed by atoms with Crippen LogP contribution in [0.15, 0.2) is 48.5 Å². The molecule has 116 valence electrons. The molecule has 0 N–H and O–H groups in total. The van der Waals surface area contributed by atoms with Crippen molar-refractivity contribution in [3.8, 4) is 0 Å². The molecular formula is C19H21FO2. The van der Waals surface area contributed by atoms with Gasteiger partial charge in [0.05, 0.1) is 0 Å². The highest BCUT2D eigenvalue weighted by Crippen LogP contribution is 2.14. The quantitative estimate of drug-likeness (QED) is 0.746. The molecule has 0 fully saturated rings. The lowest BCUT2D eigenvalue weighted by Gasteiger charge is -2.18. The zero-order valence-electron chi connectivity index (χ0n) is 13.0. The fourth-order valence-electron chi connectivity index (χ4n) is 2.30. The third-order valence-electron chi connectivity index (χ3n) is 3.55. The predicted octanol–water partition coefficient (Wildman–Crippen LogP) is 4.24. The van der Waals surface area contributed by atoms with Crippen LogP contribution < -0.4 is 0 Å². The fourth-order valence-corrected chi connectivity index (χ4v) is 2.30. The molecule has 0 bridgehead atoms. The summed E-state index contributed by atoms with van der Waals surface area (Å²) < 4.78 is 18.5. The van der Waals surface area contributed by atoms with Crippen LogP contribution in [0.2, 0.25) is 0 Å². The molecule has 0 heterocycles. The van der Waals surface area contributed by atoms with Crippen molar-refractivity contribution in [3.63, 3.8) is 0 Å². The van der Waals surface area contributed by atoms with Gasteiger partial charge < -0.3 is 4.74 Å². The SMILES string of the molecule is CCC(=O)OC(Cc1ccc(C)cc1)Cc1ccc(F)cc1. The van der Waals surface area contributed by atoms with Crippen LogP contribution in [-0.4, -0.2) is 12.1 Å². The van der Waals surface area contributed by atoms with E-state index in [2.05, 4.69) is 0 Å². The molecule has 0 radical (unpaired) electrons. The number of hydrogen-bond acceptors (Lipinski definition) is 2. The zero-order valence-corrected chi connectivity index (χ0v) is 13.0. The lowest BCUT2D eigenvalue weighted by Crippen LogP contribution is -2.22. The summed E-state index contributed by atoms with van der Waals surface area (Å²) in [6, 6.07) is 14.5. The van der Waals surface area contributed by atoms with Crippen LogP contribution in [-0.2, 0) is 22.4 Å². The Balaban J connectivity index is 2.09. The predicted molar refractivity (Wildman–Crippen MR) is 85.2 cm³/mol. The Morgan fingerprint density at radius 3 is 2.00 bits per heavy atom. The van der Waals surface area contributed by atoms with Crippen molar-refractivity contribution in [2.45, 2.75) is 39.2 Å². The Morgan fingerprint density at radius 2 is 1.50 bits per heavy atom. The molecule has 0 aliphatic heterocycles. The molecule has 22 heavy (non-hydrogen) atoms. The molecule has 0 aliphatic carbocycles. The summed E-state index contributed by atoms with van der Waals surface area (Å²) in [5.41, 5.74) is 3.29. The van der Waals surface area contributed by atoms with E-state index in [-0.39, 0.29) is 17.9 Å². The summed E-state index contributed by atoms with van der Waals surface area (Å²) in [5.74, 6) is -0.469. The molecule has 0 saturated heterocycles. The van der Waals surface area contributed by atoms with E-state index in [1.807, 2.05) is 31.2 Å². The Kier molecular flexibility index (Phi) is 5.70. The first-order valence-electron chi connectivity index (χ1n) is 7.56. The van der Waals surface area contributed by atoms with Crippen LogP contribution in [0, 0.1) is 12.7 Å². The molecule has 1 atom stereocenters. The van der Waals surface area contributed by atoms with Crippen molar-refractivity contribution in [2.24, 2.45) is 0 Å². The number of ether oxygens (including phenoxy) is 1. The highest BCUT2D eigenvalue weighted by Gasteiger charge is 2.15. The van der Waals surface area contributed by atoms with Gasteiger partial charge >= 0.3 is 5.97 Å². The van der Waals surface area contributed by atoms with Crippen molar-refractivity contribution >= 4 is 5.97 Å². The van der Waals surface area contributed by atoms with E-state index in [0.717, 1.165) is 11.1 Å². The minimum absolute atomic E-state index is 0.209. The van der Waals surface area contributed by atoms with Gasteiger partial charge in [-0.3, -0.25) is 4.79 Å². The normalized spacial score (nSPS) is 12.0. The van der Waals surface area contributed by atoms with Crippen molar-refractivity contribution in [2.75, 3.05) is 0 Å². The number of benzene rings is 2. The van der Waals surface area contributed by atoms with Crippen LogP contribution in [0.4, 0.5) is 4.39 Å². The molecule has 2 aromatic rings. The van der Waals surface area contributed by atoms with Crippen LogP contribution in [0.3, 0.4) is 0 Å². The lowest BCUT2D eigenvalue weighted by atomic mass is 10.0. The minimum atomic E-state index is -0.260. The first-order valence-corrected chi connectivity index (χ1v) is 7.56. The second kappa shape index (κ2) is 7.74. The van der Waals surface area contributed by atoms with Gasteiger partial charge in [-0.2, -0.15) is 0 Å². The third kappa shape index (κ3) is 4.99. The summed E-state index contributed by atoms with van der Waals surface area (Å²) in [6.45, 7) is 3.82. The second-order valence-electron chi connectivity index (χ2n) is 5.49. The van der Waals surface area contributed by atoms with Crippen LogP contribution >= 0.6 is 0 Å². The topological polar surface area (TPSA) is 26.3 Å². The molecule has 2 rings (SSSR count). The van der Waals surface area contributed by atoms with E-state index in [4.69, 9.17) is 4.74 Å². The number of rotatable bonds is 6. The van der Waals surface area contributed by atoms with Gasteiger partial charge in [-0.15, -0.1) is 0 Å². The van der Waals surface area contributed by atoms with Gasteiger partial charge in [0.1, 0.15) is 11.9 Å². The maximum atomic E-state index is 13.0. The second-order valence-corrected chi connectivity index (χ2v) is 5.49. The fraction of sp³-hybridized carbons (Fsp3) is 0.316. The highest BCUT2D eigenvalue weighted by molar-refractivity contribution is 5.69. The number of esters is 1. The first kappa shape index (κ1) is 16.2. The van der Waals surface area contributed by atoms with Crippen molar-refractivity contribution in [1.82, 2.24) is 0 Å². The zero-order chi connectivity index (χ0) is 15.9. The van der Waals surface area contributed by atoms with Crippen molar-refractivity contribution in [1.29, 1.82) is 0 Å². The van der Waals surface area contributed by atoms with E-state index >= 15 is 0 Å². The van der Waals surface area contributed by atoms with Gasteiger partial charge in [0.2, 0.25) is 0 Å². The van der Waals surface area contributed by atoms with Gasteiger partial charge in [0, 0.05) is 19.3 Å². The molecule has 2 nitrogen and oxygen atoms in total. The number of hydrogen-bond donors (Lipinski definition) is 0. The third-order valence-corrected chi connectivity index (χ3v) is 3.55. The average Bonchev–Trinajstić information content (AvgIpc) is 2.51. The van der Waals surface area contributed by atoms with Crippen LogP contribution in [0.1, 0.15) is 30.0 Å². The number of aryl methyl sites for hydroxylation is 1. The summed E-state index contributed by atoms with van der Waals surface area (Å²) in [7, 11) is 0. The van der Waals surface area contributed by atoms with Gasteiger partial charge in [0.15, 0.2) is 0 Å². The molecule has 0 amide bonds. The highest BCUT2D eigenvalue weighted by atomic mass is 19.1. The van der Waals surface area contributed by atoms with E-state index in [1.54, 1.807) is 19.1 Å². The van der Waals surface area contributed by atoms with E-state index < -0.39 is 0 Å². The molecule has 2 aromatic carbocycles. The monoisotopic (exact) mass is 300 g/mol. The summed E-state index contributed by atoms with van der Waals surface area (Å²) in [5, 5.41) is 0. The smallest absolute Gasteiger partial charge is 0.305 e. The molecule has 0 spiro atoms. The average molecular weight is 300 g/mol. The van der Waals surface area contributed by atoms with Crippen LogP contribution in [0.25, 0.3) is 0 Å². The summed E-state index contributed by atoms with van der Waals surface area (Å²) in [4.78, 5) is 11.6.